The van der Waals surface area contributed by atoms with Gasteiger partial charge in [-0.1, -0.05) is 12.2 Å². The minimum atomic E-state index is 0.647. The summed E-state index contributed by atoms with van der Waals surface area (Å²) in [4.78, 5) is 2.09. The molecule has 0 heterocycles. The molecule has 0 aromatic rings. The topological polar surface area (TPSA) is 29.3 Å². The number of likely N-dealkylation sites (N-methyl/N-ethyl adjacent to an activating group) is 1. The van der Waals surface area contributed by atoms with E-state index in [-0.39, 0.29) is 0 Å². The molecule has 8 heavy (non-hydrogen) atoms. The summed E-state index contributed by atoms with van der Waals surface area (Å²) >= 11 is 0. The Balaban J connectivity index is 3.03. The van der Waals surface area contributed by atoms with E-state index in [9.17, 15) is 0 Å². The maximum Gasteiger partial charge on any atom is 0.0157 e. The molecule has 2 heteroatoms. The first-order chi connectivity index (χ1) is 3.77. The van der Waals surface area contributed by atoms with E-state index in [4.69, 9.17) is 5.73 Å². The quantitative estimate of drug-likeness (QED) is 0.526. The summed E-state index contributed by atoms with van der Waals surface area (Å²) in [6, 6.07) is 0. The average Bonchev–Trinajstić information content (AvgIpc) is 1.66. The monoisotopic (exact) mass is 114 g/mol. The molecule has 0 radical (unpaired) electrons. The summed E-state index contributed by atoms with van der Waals surface area (Å²) in [5.41, 5.74) is 5.21. The van der Waals surface area contributed by atoms with Crippen molar-refractivity contribution in [3.63, 3.8) is 0 Å². The molecule has 0 spiro atoms. The van der Waals surface area contributed by atoms with Crippen molar-refractivity contribution < 1.29 is 0 Å². The zero-order chi connectivity index (χ0) is 6.41. The van der Waals surface area contributed by atoms with Gasteiger partial charge in [-0.25, -0.2) is 0 Å². The zero-order valence-electron chi connectivity index (χ0n) is 5.59. The second kappa shape index (κ2) is 4.81. The lowest BCUT2D eigenvalue weighted by atomic mass is 10.5. The third-order valence-corrected chi connectivity index (χ3v) is 0.773. The molecule has 0 aromatic carbocycles. The Kier molecular flexibility index (Phi) is 4.61. The van der Waals surface area contributed by atoms with Crippen LogP contribution in [0.15, 0.2) is 12.2 Å². The van der Waals surface area contributed by atoms with Crippen molar-refractivity contribution in [1.82, 2.24) is 4.90 Å². The Morgan fingerprint density at radius 1 is 1.38 bits per heavy atom. The number of hydrogen-bond donors (Lipinski definition) is 1. The average molecular weight is 114 g/mol. The molecule has 0 saturated heterocycles. The summed E-state index contributed by atoms with van der Waals surface area (Å²) < 4.78 is 0. The highest BCUT2D eigenvalue weighted by molar-refractivity contribution is 4.83. The van der Waals surface area contributed by atoms with E-state index < -0.39 is 0 Å². The normalized spacial score (nSPS) is 11.5. The molecule has 0 aliphatic heterocycles. The zero-order valence-corrected chi connectivity index (χ0v) is 5.59. The van der Waals surface area contributed by atoms with Crippen molar-refractivity contribution in [2.24, 2.45) is 5.73 Å². The highest BCUT2D eigenvalue weighted by atomic mass is 15.0. The number of nitrogens with zero attached hydrogens (tertiary/aromatic N) is 1. The van der Waals surface area contributed by atoms with E-state index in [1.54, 1.807) is 0 Å². The highest BCUT2D eigenvalue weighted by Gasteiger charge is 1.78. The summed E-state index contributed by atoms with van der Waals surface area (Å²) in [5, 5.41) is 0. The SMILES string of the molecule is CN(C)C/C=C\CN. The summed E-state index contributed by atoms with van der Waals surface area (Å²) in [7, 11) is 4.06. The summed E-state index contributed by atoms with van der Waals surface area (Å²) in [5.74, 6) is 0. The van der Waals surface area contributed by atoms with Crippen molar-refractivity contribution in [2.45, 2.75) is 0 Å². The molecule has 2 nitrogen and oxygen atoms in total. The number of nitrogens with two attached hydrogens (primary N) is 1. The third-order valence-electron chi connectivity index (χ3n) is 0.773. The van der Waals surface area contributed by atoms with Crippen molar-refractivity contribution in [3.05, 3.63) is 12.2 Å². The van der Waals surface area contributed by atoms with Crippen LogP contribution in [0.25, 0.3) is 0 Å². The van der Waals surface area contributed by atoms with Crippen LogP contribution in [0.3, 0.4) is 0 Å². The van der Waals surface area contributed by atoms with Crippen LogP contribution in [0.2, 0.25) is 0 Å². The van der Waals surface area contributed by atoms with Crippen LogP contribution in [0.5, 0.6) is 0 Å². The fourth-order valence-corrected chi connectivity index (χ4v) is 0.382. The van der Waals surface area contributed by atoms with E-state index >= 15 is 0 Å². The van der Waals surface area contributed by atoms with E-state index in [1.165, 1.54) is 0 Å². The van der Waals surface area contributed by atoms with Gasteiger partial charge < -0.3 is 10.6 Å². The molecule has 0 amide bonds. The minimum absolute atomic E-state index is 0.647. The van der Waals surface area contributed by atoms with Crippen LogP contribution in [0.1, 0.15) is 0 Å². The van der Waals surface area contributed by atoms with Gasteiger partial charge in [0.15, 0.2) is 0 Å². The lowest BCUT2D eigenvalue weighted by Gasteiger charge is -2.02. The predicted molar refractivity (Wildman–Crippen MR) is 36.7 cm³/mol. The van der Waals surface area contributed by atoms with Gasteiger partial charge in [-0.2, -0.15) is 0 Å². The second-order valence-corrected chi connectivity index (χ2v) is 1.97. The van der Waals surface area contributed by atoms with Crippen LogP contribution in [-0.2, 0) is 0 Å². The molecule has 0 aromatic heterocycles. The second-order valence-electron chi connectivity index (χ2n) is 1.97. The van der Waals surface area contributed by atoms with Gasteiger partial charge >= 0.3 is 0 Å². The van der Waals surface area contributed by atoms with Crippen LogP contribution < -0.4 is 5.73 Å². The standard InChI is InChI=1S/C6H14N2/c1-8(2)6-4-3-5-7/h3-4H,5-7H2,1-2H3/b4-3-. The molecule has 0 atom stereocenters. The molecule has 0 fully saturated rings. The number of rotatable bonds is 3. The largest absolute Gasteiger partial charge is 0.327 e. The molecule has 0 bridgehead atoms. The van der Waals surface area contributed by atoms with Gasteiger partial charge in [-0.05, 0) is 14.1 Å². The Bertz CT molecular complexity index is 66.9. The Hall–Kier alpha value is -0.340. The van der Waals surface area contributed by atoms with Crippen molar-refractivity contribution in [3.8, 4) is 0 Å². The first-order valence-corrected chi connectivity index (χ1v) is 2.77. The maximum atomic E-state index is 5.21. The molecule has 0 rings (SSSR count). The molecule has 48 valence electrons. The van der Waals surface area contributed by atoms with Crippen LogP contribution in [-0.4, -0.2) is 32.1 Å². The van der Waals surface area contributed by atoms with E-state index in [1.807, 2.05) is 20.2 Å². The summed E-state index contributed by atoms with van der Waals surface area (Å²) in [6.07, 6.45) is 4.01. The number of hydrogen-bond acceptors (Lipinski definition) is 2. The lowest BCUT2D eigenvalue weighted by Crippen LogP contribution is -2.10. The Morgan fingerprint density at radius 2 is 2.00 bits per heavy atom. The van der Waals surface area contributed by atoms with Gasteiger partial charge in [0.25, 0.3) is 0 Å². The highest BCUT2D eigenvalue weighted by Crippen LogP contribution is 1.74. The van der Waals surface area contributed by atoms with Crippen LogP contribution >= 0.6 is 0 Å². The third kappa shape index (κ3) is 5.66. The van der Waals surface area contributed by atoms with Crippen molar-refractivity contribution in [2.75, 3.05) is 27.2 Å². The van der Waals surface area contributed by atoms with E-state index in [0.29, 0.717) is 6.54 Å². The van der Waals surface area contributed by atoms with Gasteiger partial charge in [0.2, 0.25) is 0 Å². The fraction of sp³-hybridized carbons (Fsp3) is 0.667. The predicted octanol–water partition coefficient (Wildman–Crippen LogP) is 0.0629. The molecule has 0 saturated carbocycles. The Morgan fingerprint density at radius 3 is 2.38 bits per heavy atom. The molecule has 2 N–H and O–H groups in total. The lowest BCUT2D eigenvalue weighted by molar-refractivity contribution is 0.456. The first kappa shape index (κ1) is 7.66. The van der Waals surface area contributed by atoms with Gasteiger partial charge in [0.1, 0.15) is 0 Å². The fourth-order valence-electron chi connectivity index (χ4n) is 0.382. The summed E-state index contributed by atoms with van der Waals surface area (Å²) in [6.45, 7) is 1.63. The first-order valence-electron chi connectivity index (χ1n) is 2.77. The van der Waals surface area contributed by atoms with Gasteiger partial charge in [0.05, 0.1) is 0 Å². The van der Waals surface area contributed by atoms with E-state index in [0.717, 1.165) is 6.54 Å². The van der Waals surface area contributed by atoms with E-state index in [2.05, 4.69) is 11.0 Å². The molecule has 0 unspecified atom stereocenters. The minimum Gasteiger partial charge on any atom is -0.327 e. The van der Waals surface area contributed by atoms with Crippen molar-refractivity contribution in [1.29, 1.82) is 0 Å². The molecule has 0 aliphatic carbocycles. The van der Waals surface area contributed by atoms with Gasteiger partial charge in [-0.3, -0.25) is 0 Å². The molecular weight excluding hydrogens is 100 g/mol. The molecular formula is C6H14N2. The Labute approximate surface area is 51.0 Å². The van der Waals surface area contributed by atoms with Gasteiger partial charge in [0, 0.05) is 13.1 Å². The molecule has 0 aliphatic rings. The smallest absolute Gasteiger partial charge is 0.0157 e. The van der Waals surface area contributed by atoms with Crippen molar-refractivity contribution >= 4 is 0 Å². The van der Waals surface area contributed by atoms with Gasteiger partial charge in [-0.15, -0.1) is 0 Å². The van der Waals surface area contributed by atoms with Crippen LogP contribution in [0.4, 0.5) is 0 Å². The van der Waals surface area contributed by atoms with Crippen LogP contribution in [0, 0.1) is 0 Å². The maximum absolute atomic E-state index is 5.21.